The van der Waals surface area contributed by atoms with Crippen molar-refractivity contribution in [1.29, 1.82) is 0 Å². The Hall–Kier alpha value is -3.77. The third-order valence-corrected chi connectivity index (χ3v) is 7.25. The minimum absolute atomic E-state index is 0.0444. The molecule has 0 radical (unpaired) electrons. The minimum atomic E-state index is -0.339. The van der Waals surface area contributed by atoms with Crippen molar-refractivity contribution in [2.75, 3.05) is 13.1 Å². The smallest absolute Gasteiger partial charge is 0.260 e. The number of rotatable bonds is 7. The van der Waals surface area contributed by atoms with Crippen LogP contribution in [0.15, 0.2) is 90.1 Å². The minimum Gasteiger partial charge on any atom is -0.507 e. The van der Waals surface area contributed by atoms with Gasteiger partial charge in [-0.3, -0.25) is 19.7 Å². The van der Waals surface area contributed by atoms with E-state index in [-0.39, 0.29) is 17.4 Å². The number of aromatic hydroxyl groups is 1. The summed E-state index contributed by atoms with van der Waals surface area (Å²) in [4.78, 5) is 24.8. The molecule has 1 aromatic carbocycles. The van der Waals surface area contributed by atoms with E-state index in [0.717, 1.165) is 43.6 Å². The molecule has 0 bridgehead atoms. The number of aryl methyl sites for hydroxylation is 1. The molecule has 0 spiro atoms. The molecule has 3 aromatic heterocycles. The van der Waals surface area contributed by atoms with E-state index >= 15 is 0 Å². The summed E-state index contributed by atoms with van der Waals surface area (Å²) in [5, 5.41) is 11.1. The van der Waals surface area contributed by atoms with Gasteiger partial charge in [-0.2, -0.15) is 0 Å². The Labute approximate surface area is 211 Å². The van der Waals surface area contributed by atoms with E-state index in [9.17, 15) is 9.90 Å². The summed E-state index contributed by atoms with van der Waals surface area (Å²) in [5.41, 5.74) is 4.10. The van der Waals surface area contributed by atoms with Crippen LogP contribution in [0.5, 0.6) is 5.75 Å². The van der Waals surface area contributed by atoms with Gasteiger partial charge in [0.05, 0.1) is 23.8 Å². The number of benzene rings is 1. The van der Waals surface area contributed by atoms with Gasteiger partial charge >= 0.3 is 0 Å². The third kappa shape index (κ3) is 5.24. The highest BCUT2D eigenvalue weighted by Gasteiger charge is 2.32. The predicted molar refractivity (Wildman–Crippen MR) is 141 cm³/mol. The van der Waals surface area contributed by atoms with E-state index in [2.05, 4.69) is 45.2 Å². The van der Waals surface area contributed by atoms with E-state index < -0.39 is 0 Å². The second-order valence-corrected chi connectivity index (χ2v) is 9.65. The lowest BCUT2D eigenvalue weighted by molar-refractivity contribution is 0.148. The summed E-state index contributed by atoms with van der Waals surface area (Å²) in [6.45, 7) is 3.93. The lowest BCUT2D eigenvalue weighted by Gasteiger charge is -2.38. The van der Waals surface area contributed by atoms with E-state index in [1.165, 1.54) is 5.56 Å². The number of aromatic nitrogens is 3. The van der Waals surface area contributed by atoms with Crippen molar-refractivity contribution in [2.45, 2.75) is 38.8 Å². The Morgan fingerprint density at radius 2 is 1.69 bits per heavy atom. The maximum atomic E-state index is 13.9. The average molecular weight is 481 g/mol. The summed E-state index contributed by atoms with van der Waals surface area (Å²) in [6, 6.07) is 21.6. The first-order valence-electron chi connectivity index (χ1n) is 12.6. The zero-order chi connectivity index (χ0) is 24.9. The first-order chi connectivity index (χ1) is 17.6. The average Bonchev–Trinajstić information content (AvgIpc) is 2.91. The maximum Gasteiger partial charge on any atom is 0.260 e. The second-order valence-electron chi connectivity index (χ2n) is 9.65. The molecular formula is C30H32N4O2. The van der Waals surface area contributed by atoms with Crippen LogP contribution in [-0.4, -0.2) is 37.6 Å². The Morgan fingerprint density at radius 3 is 2.39 bits per heavy atom. The molecule has 0 aliphatic carbocycles. The van der Waals surface area contributed by atoms with Crippen LogP contribution in [0.3, 0.4) is 0 Å². The number of hydrogen-bond acceptors (Lipinski definition) is 5. The molecule has 1 N–H and O–H groups in total. The molecule has 1 aliphatic rings. The Balaban J connectivity index is 1.47. The molecule has 1 saturated heterocycles. The summed E-state index contributed by atoms with van der Waals surface area (Å²) in [6.07, 6.45) is 8.40. The van der Waals surface area contributed by atoms with E-state index in [1.54, 1.807) is 29.2 Å². The first kappa shape index (κ1) is 23.9. The maximum absolute atomic E-state index is 13.9. The topological polar surface area (TPSA) is 71.2 Å². The highest BCUT2D eigenvalue weighted by atomic mass is 16.3. The van der Waals surface area contributed by atoms with Gasteiger partial charge in [0.2, 0.25) is 0 Å². The van der Waals surface area contributed by atoms with Crippen molar-refractivity contribution in [3.05, 3.63) is 124 Å². The van der Waals surface area contributed by atoms with Gasteiger partial charge in [-0.15, -0.1) is 0 Å². The van der Waals surface area contributed by atoms with Crippen LogP contribution in [0.4, 0.5) is 0 Å². The van der Waals surface area contributed by atoms with Gasteiger partial charge in [0, 0.05) is 24.3 Å². The van der Waals surface area contributed by atoms with Crippen LogP contribution in [0.2, 0.25) is 0 Å². The molecule has 1 atom stereocenters. The van der Waals surface area contributed by atoms with Gasteiger partial charge < -0.3 is 9.67 Å². The van der Waals surface area contributed by atoms with E-state index in [0.29, 0.717) is 23.7 Å². The predicted octanol–water partition coefficient (Wildman–Crippen LogP) is 4.74. The zero-order valence-electron chi connectivity index (χ0n) is 20.6. The number of pyridine rings is 3. The largest absolute Gasteiger partial charge is 0.507 e. The molecule has 0 saturated carbocycles. The number of hydrogen-bond donors (Lipinski definition) is 1. The van der Waals surface area contributed by atoms with Crippen molar-refractivity contribution >= 4 is 0 Å². The van der Waals surface area contributed by atoms with Gasteiger partial charge in [0.25, 0.3) is 5.56 Å². The summed E-state index contributed by atoms with van der Waals surface area (Å²) >= 11 is 0. The molecule has 4 aromatic rings. The van der Waals surface area contributed by atoms with Gasteiger partial charge in [-0.25, -0.2) is 0 Å². The lowest BCUT2D eigenvalue weighted by Crippen LogP contribution is -2.41. The molecule has 1 fully saturated rings. The molecule has 5 rings (SSSR count). The van der Waals surface area contributed by atoms with Crippen molar-refractivity contribution in [3.8, 4) is 5.75 Å². The molecule has 6 heteroatoms. The monoisotopic (exact) mass is 480 g/mol. The van der Waals surface area contributed by atoms with Crippen molar-refractivity contribution < 1.29 is 5.11 Å². The van der Waals surface area contributed by atoms with Crippen molar-refractivity contribution in [2.24, 2.45) is 5.92 Å². The molecule has 6 nitrogen and oxygen atoms in total. The quantitative estimate of drug-likeness (QED) is 0.414. The van der Waals surface area contributed by atoms with Crippen molar-refractivity contribution in [1.82, 2.24) is 19.4 Å². The third-order valence-electron chi connectivity index (χ3n) is 7.25. The normalized spacial score (nSPS) is 15.6. The first-order valence-corrected chi connectivity index (χ1v) is 12.6. The van der Waals surface area contributed by atoms with Crippen LogP contribution in [-0.2, 0) is 13.0 Å². The molecule has 4 heterocycles. The highest BCUT2D eigenvalue weighted by Crippen LogP contribution is 2.35. The van der Waals surface area contributed by atoms with Gasteiger partial charge in [0.1, 0.15) is 5.75 Å². The molecule has 0 amide bonds. The molecule has 36 heavy (non-hydrogen) atoms. The number of nitrogens with zero attached hydrogens (tertiary/aromatic N) is 4. The van der Waals surface area contributed by atoms with Gasteiger partial charge in [-0.1, -0.05) is 36.4 Å². The van der Waals surface area contributed by atoms with Crippen LogP contribution in [0.25, 0.3) is 0 Å². The molecule has 1 aliphatic heterocycles. The fourth-order valence-corrected chi connectivity index (χ4v) is 5.34. The number of likely N-dealkylation sites (tertiary alicyclic amines) is 1. The van der Waals surface area contributed by atoms with Crippen molar-refractivity contribution in [3.63, 3.8) is 0 Å². The van der Waals surface area contributed by atoms with Crippen LogP contribution >= 0.6 is 0 Å². The molecule has 0 unspecified atom stereocenters. The standard InChI is InChI=1S/C30H32N4O2/c1-22-19-27(35)28(30(36)34(22)21-26-9-5-6-14-32-26)29(25-10-15-31-16-11-25)33-17-12-24(13-18-33)20-23-7-3-2-4-8-23/h2-11,14-16,19,24,29,35H,12-13,17-18,20-21H2,1H3/t29-/m1/s1. The fourth-order valence-electron chi connectivity index (χ4n) is 5.34. The van der Waals surface area contributed by atoms with E-state index in [4.69, 9.17) is 0 Å². The Morgan fingerprint density at radius 1 is 0.972 bits per heavy atom. The van der Waals surface area contributed by atoms with Crippen LogP contribution in [0.1, 0.15) is 47.0 Å². The summed E-state index contributed by atoms with van der Waals surface area (Å²) in [7, 11) is 0. The fraction of sp³-hybridized carbons (Fsp3) is 0.300. The Bertz CT molecular complexity index is 1330. The summed E-state index contributed by atoms with van der Waals surface area (Å²) in [5.74, 6) is 0.650. The van der Waals surface area contributed by atoms with Gasteiger partial charge in [-0.05, 0) is 86.7 Å². The number of piperidine rings is 1. The SMILES string of the molecule is Cc1cc(O)c([C@@H](c2ccncc2)N2CCC(Cc3ccccc3)CC2)c(=O)n1Cc1ccccn1. The van der Waals surface area contributed by atoms with E-state index in [1.807, 2.05) is 37.3 Å². The van der Waals surface area contributed by atoms with Crippen LogP contribution < -0.4 is 5.56 Å². The summed E-state index contributed by atoms with van der Waals surface area (Å²) < 4.78 is 1.72. The Kier molecular flexibility index (Phi) is 7.23. The molecular weight excluding hydrogens is 448 g/mol. The van der Waals surface area contributed by atoms with Gasteiger partial charge in [0.15, 0.2) is 0 Å². The molecule has 184 valence electrons. The zero-order valence-corrected chi connectivity index (χ0v) is 20.6. The second kappa shape index (κ2) is 10.9. The lowest BCUT2D eigenvalue weighted by atomic mass is 9.88. The van der Waals surface area contributed by atoms with Crippen LogP contribution in [0, 0.1) is 12.8 Å². The highest BCUT2D eigenvalue weighted by molar-refractivity contribution is 5.41.